The fourth-order valence-corrected chi connectivity index (χ4v) is 1.92. The van der Waals surface area contributed by atoms with E-state index in [-0.39, 0.29) is 0 Å². The van der Waals surface area contributed by atoms with Crippen LogP contribution in [-0.2, 0) is 14.2 Å². The van der Waals surface area contributed by atoms with Crippen molar-refractivity contribution in [1.82, 2.24) is 0 Å². The van der Waals surface area contributed by atoms with Gasteiger partial charge in [0.2, 0.25) is 0 Å². The molecule has 0 bridgehead atoms. The first-order chi connectivity index (χ1) is 10.2. The van der Waals surface area contributed by atoms with Crippen LogP contribution in [0.4, 0.5) is 0 Å². The molecule has 134 valence electrons. The van der Waals surface area contributed by atoms with Crippen LogP contribution >= 0.6 is 0 Å². The maximum Gasteiger partial charge on any atom is 0.0700 e. The molecule has 0 saturated carbocycles. The summed E-state index contributed by atoms with van der Waals surface area (Å²) in [6.07, 6.45) is 5.76. The van der Waals surface area contributed by atoms with Gasteiger partial charge in [-0.25, -0.2) is 0 Å². The first-order valence-corrected chi connectivity index (χ1v) is 8.94. The molecule has 22 heavy (non-hydrogen) atoms. The highest BCUT2D eigenvalue weighted by Gasteiger charge is 2.09. The number of ether oxygens (including phenoxy) is 3. The van der Waals surface area contributed by atoms with E-state index in [1.165, 1.54) is 19.3 Å². The van der Waals surface area contributed by atoms with Crippen molar-refractivity contribution in [3.05, 3.63) is 0 Å². The summed E-state index contributed by atoms with van der Waals surface area (Å²) < 4.78 is 16.7. The van der Waals surface area contributed by atoms with Gasteiger partial charge in [0.15, 0.2) is 0 Å². The summed E-state index contributed by atoms with van der Waals surface area (Å²) in [7, 11) is 0. The molecule has 0 rings (SSSR count). The SMILES string of the molecule is CC(C)(C)CCCCOCCCOCCOCCC(C)(C)C. The predicted octanol–water partition coefficient (Wildman–Crippen LogP) is 5.08. The monoisotopic (exact) mass is 316 g/mol. The Morgan fingerprint density at radius 2 is 0.909 bits per heavy atom. The molecule has 0 radical (unpaired) electrons. The lowest BCUT2D eigenvalue weighted by Gasteiger charge is -2.17. The fraction of sp³-hybridized carbons (Fsp3) is 1.00. The molecule has 0 saturated heterocycles. The number of hydrogen-bond acceptors (Lipinski definition) is 3. The van der Waals surface area contributed by atoms with Crippen molar-refractivity contribution in [3.63, 3.8) is 0 Å². The van der Waals surface area contributed by atoms with Crippen LogP contribution in [0.2, 0.25) is 0 Å². The molecule has 0 aromatic heterocycles. The topological polar surface area (TPSA) is 27.7 Å². The molecule has 0 amide bonds. The fourth-order valence-electron chi connectivity index (χ4n) is 1.92. The third-order valence-electron chi connectivity index (χ3n) is 3.41. The normalized spacial score (nSPS) is 12.8. The van der Waals surface area contributed by atoms with E-state index < -0.39 is 0 Å². The largest absolute Gasteiger partial charge is 0.381 e. The minimum atomic E-state index is 0.352. The molecule has 0 N–H and O–H groups in total. The molecule has 0 aromatic rings. The van der Waals surface area contributed by atoms with Crippen molar-refractivity contribution >= 4 is 0 Å². The van der Waals surface area contributed by atoms with E-state index in [1.807, 2.05) is 0 Å². The zero-order valence-electron chi connectivity index (χ0n) is 16.0. The molecular weight excluding hydrogens is 276 g/mol. The standard InChI is InChI=1S/C19H40O3/c1-18(2,3)10-7-8-12-20-13-9-14-21-16-17-22-15-11-19(4,5)6/h7-17H2,1-6H3. The first kappa shape index (κ1) is 21.9. The molecule has 0 aliphatic heterocycles. The van der Waals surface area contributed by atoms with Gasteiger partial charge in [0.1, 0.15) is 0 Å². The van der Waals surface area contributed by atoms with E-state index in [0.717, 1.165) is 39.3 Å². The Hall–Kier alpha value is -0.120. The quantitative estimate of drug-likeness (QED) is 0.444. The van der Waals surface area contributed by atoms with Crippen molar-refractivity contribution in [2.24, 2.45) is 10.8 Å². The lowest BCUT2D eigenvalue weighted by Crippen LogP contribution is -2.12. The second-order valence-electron chi connectivity index (χ2n) is 8.52. The van der Waals surface area contributed by atoms with Gasteiger partial charge in [-0.3, -0.25) is 0 Å². The van der Waals surface area contributed by atoms with Crippen LogP contribution in [0.5, 0.6) is 0 Å². The van der Waals surface area contributed by atoms with E-state index in [9.17, 15) is 0 Å². The van der Waals surface area contributed by atoms with Crippen LogP contribution < -0.4 is 0 Å². The number of unbranched alkanes of at least 4 members (excludes halogenated alkanes) is 1. The third-order valence-corrected chi connectivity index (χ3v) is 3.41. The highest BCUT2D eigenvalue weighted by atomic mass is 16.5. The molecule has 3 nitrogen and oxygen atoms in total. The van der Waals surface area contributed by atoms with E-state index in [1.54, 1.807) is 0 Å². The van der Waals surface area contributed by atoms with E-state index >= 15 is 0 Å². The van der Waals surface area contributed by atoms with E-state index in [0.29, 0.717) is 24.0 Å². The Labute approximate surface area is 139 Å². The minimum absolute atomic E-state index is 0.352. The average Bonchev–Trinajstić information content (AvgIpc) is 2.36. The van der Waals surface area contributed by atoms with Crippen molar-refractivity contribution < 1.29 is 14.2 Å². The van der Waals surface area contributed by atoms with Crippen molar-refractivity contribution in [2.75, 3.05) is 39.6 Å². The Morgan fingerprint density at radius 3 is 1.45 bits per heavy atom. The molecule has 3 heteroatoms. The van der Waals surface area contributed by atoms with Crippen LogP contribution in [0.3, 0.4) is 0 Å². The highest BCUT2D eigenvalue weighted by molar-refractivity contribution is 4.61. The molecule has 0 unspecified atom stereocenters. The maximum absolute atomic E-state index is 5.62. The number of rotatable bonds is 13. The summed E-state index contributed by atoms with van der Waals surface area (Å²) in [5, 5.41) is 0. The summed E-state index contributed by atoms with van der Waals surface area (Å²) in [4.78, 5) is 0. The second kappa shape index (κ2) is 12.3. The van der Waals surface area contributed by atoms with Gasteiger partial charge in [-0.2, -0.15) is 0 Å². The number of hydrogen-bond donors (Lipinski definition) is 0. The van der Waals surface area contributed by atoms with Gasteiger partial charge in [0, 0.05) is 26.4 Å². The Bertz CT molecular complexity index is 212. The molecule has 0 atom stereocenters. The van der Waals surface area contributed by atoms with Gasteiger partial charge in [0.25, 0.3) is 0 Å². The molecule has 0 aliphatic rings. The van der Waals surface area contributed by atoms with Gasteiger partial charge in [-0.15, -0.1) is 0 Å². The summed E-state index contributed by atoms with van der Waals surface area (Å²) in [5.41, 5.74) is 0.799. The second-order valence-corrected chi connectivity index (χ2v) is 8.52. The molecule has 0 aromatic carbocycles. The van der Waals surface area contributed by atoms with Gasteiger partial charge >= 0.3 is 0 Å². The molecular formula is C19H40O3. The Kier molecular flexibility index (Phi) is 12.3. The summed E-state index contributed by atoms with van der Waals surface area (Å²) in [6.45, 7) is 18.2. The highest BCUT2D eigenvalue weighted by Crippen LogP contribution is 2.21. The van der Waals surface area contributed by atoms with Crippen molar-refractivity contribution in [3.8, 4) is 0 Å². The van der Waals surface area contributed by atoms with Crippen LogP contribution in [0.1, 0.15) is 73.6 Å². The summed E-state index contributed by atoms with van der Waals surface area (Å²) in [5.74, 6) is 0. The molecule has 0 heterocycles. The molecule has 0 fully saturated rings. The molecule has 0 spiro atoms. The maximum atomic E-state index is 5.62. The van der Waals surface area contributed by atoms with Gasteiger partial charge < -0.3 is 14.2 Å². The minimum Gasteiger partial charge on any atom is -0.381 e. The van der Waals surface area contributed by atoms with Gasteiger partial charge in [-0.05, 0) is 36.5 Å². The molecule has 0 aliphatic carbocycles. The van der Waals surface area contributed by atoms with Gasteiger partial charge in [0.05, 0.1) is 13.2 Å². The first-order valence-electron chi connectivity index (χ1n) is 8.94. The third kappa shape index (κ3) is 19.9. The van der Waals surface area contributed by atoms with Crippen LogP contribution in [-0.4, -0.2) is 39.6 Å². The predicted molar refractivity (Wildman–Crippen MR) is 94.5 cm³/mol. The van der Waals surface area contributed by atoms with Crippen molar-refractivity contribution in [2.45, 2.75) is 73.6 Å². The summed E-state index contributed by atoms with van der Waals surface area (Å²) in [6, 6.07) is 0. The van der Waals surface area contributed by atoms with Crippen LogP contribution in [0, 0.1) is 10.8 Å². The Balaban J connectivity index is 3.09. The smallest absolute Gasteiger partial charge is 0.0700 e. The van der Waals surface area contributed by atoms with Crippen LogP contribution in [0.15, 0.2) is 0 Å². The Morgan fingerprint density at radius 1 is 0.455 bits per heavy atom. The van der Waals surface area contributed by atoms with Crippen LogP contribution in [0.25, 0.3) is 0 Å². The van der Waals surface area contributed by atoms with Crippen molar-refractivity contribution in [1.29, 1.82) is 0 Å². The summed E-state index contributed by atoms with van der Waals surface area (Å²) >= 11 is 0. The lowest BCUT2D eigenvalue weighted by atomic mass is 9.90. The van der Waals surface area contributed by atoms with E-state index in [4.69, 9.17) is 14.2 Å². The van der Waals surface area contributed by atoms with Gasteiger partial charge in [-0.1, -0.05) is 48.0 Å². The average molecular weight is 317 g/mol. The zero-order valence-corrected chi connectivity index (χ0v) is 16.0. The van der Waals surface area contributed by atoms with E-state index in [2.05, 4.69) is 41.5 Å². The lowest BCUT2D eigenvalue weighted by molar-refractivity contribution is 0.0286. The zero-order chi connectivity index (χ0) is 16.9.